The second-order valence-corrected chi connectivity index (χ2v) is 9.30. The van der Waals surface area contributed by atoms with E-state index in [1.165, 1.54) is 12.1 Å². The minimum Gasteiger partial charge on any atom is -0.377 e. The predicted molar refractivity (Wildman–Crippen MR) is 131 cm³/mol. The predicted octanol–water partition coefficient (Wildman–Crippen LogP) is 5.14. The number of amides is 3. The molecule has 6 nitrogen and oxygen atoms in total. The highest BCUT2D eigenvalue weighted by atomic mass is 19.1. The van der Waals surface area contributed by atoms with Gasteiger partial charge in [0.05, 0.1) is 0 Å². The van der Waals surface area contributed by atoms with E-state index >= 15 is 0 Å². The second-order valence-electron chi connectivity index (χ2n) is 9.30. The zero-order valence-corrected chi connectivity index (χ0v) is 20.0. The molecule has 0 radical (unpaired) electrons. The van der Waals surface area contributed by atoms with E-state index in [0.717, 1.165) is 48.2 Å². The van der Waals surface area contributed by atoms with Crippen molar-refractivity contribution in [2.24, 2.45) is 5.92 Å². The molecule has 3 amide bonds. The summed E-state index contributed by atoms with van der Waals surface area (Å²) < 4.78 is 13.4. The van der Waals surface area contributed by atoms with Gasteiger partial charge in [-0.1, -0.05) is 25.0 Å². The van der Waals surface area contributed by atoms with Crippen molar-refractivity contribution in [2.45, 2.75) is 58.7 Å². The van der Waals surface area contributed by atoms with Gasteiger partial charge in [0, 0.05) is 50.5 Å². The third kappa shape index (κ3) is 6.94. The molecule has 7 heteroatoms. The van der Waals surface area contributed by atoms with Gasteiger partial charge in [0.25, 0.3) is 0 Å². The van der Waals surface area contributed by atoms with Gasteiger partial charge < -0.3 is 20.4 Å². The Morgan fingerprint density at radius 3 is 2.30 bits per heavy atom. The third-order valence-electron chi connectivity index (χ3n) is 5.90. The van der Waals surface area contributed by atoms with Crippen molar-refractivity contribution in [3.8, 4) is 0 Å². The molecule has 1 aliphatic rings. The first-order valence-electron chi connectivity index (χ1n) is 11.6. The fourth-order valence-corrected chi connectivity index (χ4v) is 4.21. The number of halogens is 1. The van der Waals surface area contributed by atoms with Crippen LogP contribution < -0.4 is 15.5 Å². The maximum absolute atomic E-state index is 13.4. The fourth-order valence-electron chi connectivity index (χ4n) is 4.21. The number of benzene rings is 2. The number of nitrogens with zero attached hydrogens (tertiary/aromatic N) is 2. The molecule has 2 aromatic carbocycles. The maximum Gasteiger partial charge on any atom is 0.318 e. The lowest BCUT2D eigenvalue weighted by molar-refractivity contribution is -0.119. The molecule has 2 aromatic rings. The number of carbonyl (C=O) groups is 2. The quantitative estimate of drug-likeness (QED) is 0.580. The highest BCUT2D eigenvalue weighted by molar-refractivity contribution is 5.93. The molecule has 0 heterocycles. The minimum absolute atomic E-state index is 0.0152. The largest absolute Gasteiger partial charge is 0.377 e. The zero-order valence-electron chi connectivity index (χ0n) is 20.0. The lowest BCUT2D eigenvalue weighted by Crippen LogP contribution is -2.42. The molecule has 1 saturated carbocycles. The summed E-state index contributed by atoms with van der Waals surface area (Å²) in [6.07, 6.45) is 4.09. The molecule has 178 valence electrons. The minimum atomic E-state index is -0.308. The number of hydrogen-bond donors (Lipinski definition) is 2. The Morgan fingerprint density at radius 2 is 1.70 bits per heavy atom. The molecule has 1 fully saturated rings. The smallest absolute Gasteiger partial charge is 0.318 e. The molecule has 0 aliphatic heterocycles. The van der Waals surface area contributed by atoms with E-state index in [0.29, 0.717) is 13.1 Å². The highest BCUT2D eigenvalue weighted by Crippen LogP contribution is 2.28. The van der Waals surface area contributed by atoms with Gasteiger partial charge >= 0.3 is 6.03 Å². The number of nitrogens with one attached hydrogen (secondary N) is 2. The number of urea groups is 1. The average Bonchev–Trinajstić information content (AvgIpc) is 3.29. The molecule has 0 saturated heterocycles. The summed E-state index contributed by atoms with van der Waals surface area (Å²) in [6.45, 7) is 4.51. The summed E-state index contributed by atoms with van der Waals surface area (Å²) in [5.74, 6) is -0.164. The number of anilines is 2. The van der Waals surface area contributed by atoms with Gasteiger partial charge in [-0.15, -0.1) is 0 Å². The molecule has 0 atom stereocenters. The van der Waals surface area contributed by atoms with E-state index in [9.17, 15) is 14.0 Å². The van der Waals surface area contributed by atoms with Gasteiger partial charge in [-0.05, 0) is 68.1 Å². The van der Waals surface area contributed by atoms with Crippen LogP contribution in [0.2, 0.25) is 0 Å². The van der Waals surface area contributed by atoms with Gasteiger partial charge in [-0.2, -0.15) is 0 Å². The van der Waals surface area contributed by atoms with E-state index < -0.39 is 0 Å². The molecule has 2 N–H and O–H groups in total. The first-order valence-corrected chi connectivity index (χ1v) is 11.6. The zero-order chi connectivity index (χ0) is 24.0. The molecule has 33 heavy (non-hydrogen) atoms. The van der Waals surface area contributed by atoms with Gasteiger partial charge in [0.1, 0.15) is 5.82 Å². The molecule has 0 unspecified atom stereocenters. The number of rotatable bonds is 8. The van der Waals surface area contributed by atoms with Crippen LogP contribution in [0.1, 0.15) is 50.7 Å². The first kappa shape index (κ1) is 24.6. The molecule has 0 aromatic heterocycles. The molecular formula is C26H35FN4O2. The molecule has 0 spiro atoms. The topological polar surface area (TPSA) is 64.7 Å². The van der Waals surface area contributed by atoms with Crippen LogP contribution in [-0.2, 0) is 17.9 Å². The average molecular weight is 455 g/mol. The summed E-state index contributed by atoms with van der Waals surface area (Å²) in [6, 6.07) is 11.8. The SMILES string of the molecule is CC(C)NC(=O)N(Cc1ccc(F)cc1)Cc1cc(NC(=O)C2CCCC2)ccc1N(C)C. The monoisotopic (exact) mass is 454 g/mol. The van der Waals surface area contributed by atoms with Crippen LogP contribution in [-0.4, -0.2) is 37.0 Å². The van der Waals surface area contributed by atoms with Crippen LogP contribution in [0.25, 0.3) is 0 Å². The van der Waals surface area contributed by atoms with Gasteiger partial charge in [-0.25, -0.2) is 9.18 Å². The van der Waals surface area contributed by atoms with E-state index in [1.54, 1.807) is 17.0 Å². The van der Waals surface area contributed by atoms with Gasteiger partial charge in [0.2, 0.25) is 5.91 Å². The van der Waals surface area contributed by atoms with Crippen LogP contribution >= 0.6 is 0 Å². The Hall–Kier alpha value is -3.09. The van der Waals surface area contributed by atoms with E-state index in [-0.39, 0.29) is 29.7 Å². The van der Waals surface area contributed by atoms with Crippen LogP contribution in [0.5, 0.6) is 0 Å². The maximum atomic E-state index is 13.4. The standard InChI is InChI=1S/C26H35FN4O2/c1-18(2)28-26(33)31(16-19-9-11-22(27)12-10-19)17-21-15-23(13-14-24(21)30(3)4)29-25(32)20-7-5-6-8-20/h9-15,18,20H,5-8,16-17H2,1-4H3,(H,28,33)(H,29,32). The van der Waals surface area contributed by atoms with Crippen molar-refractivity contribution >= 4 is 23.3 Å². The van der Waals surface area contributed by atoms with Crippen molar-refractivity contribution in [1.82, 2.24) is 10.2 Å². The van der Waals surface area contributed by atoms with Crippen molar-refractivity contribution < 1.29 is 14.0 Å². The van der Waals surface area contributed by atoms with Gasteiger partial charge in [0.15, 0.2) is 0 Å². The van der Waals surface area contributed by atoms with Crippen molar-refractivity contribution in [3.63, 3.8) is 0 Å². The van der Waals surface area contributed by atoms with Gasteiger partial charge in [-0.3, -0.25) is 4.79 Å². The van der Waals surface area contributed by atoms with Crippen LogP contribution in [0.4, 0.5) is 20.6 Å². The van der Waals surface area contributed by atoms with E-state index in [2.05, 4.69) is 10.6 Å². The van der Waals surface area contributed by atoms with E-state index in [4.69, 9.17) is 0 Å². The Kier molecular flexibility index (Phi) is 8.31. The Labute approximate surface area is 196 Å². The fraction of sp³-hybridized carbons (Fsp3) is 0.462. The first-order chi connectivity index (χ1) is 15.7. The van der Waals surface area contributed by atoms with Crippen molar-refractivity contribution in [3.05, 3.63) is 59.4 Å². The van der Waals surface area contributed by atoms with E-state index in [1.807, 2.05) is 51.0 Å². The van der Waals surface area contributed by atoms with Crippen molar-refractivity contribution in [1.29, 1.82) is 0 Å². The summed E-state index contributed by atoms with van der Waals surface area (Å²) >= 11 is 0. The molecule has 1 aliphatic carbocycles. The highest BCUT2D eigenvalue weighted by Gasteiger charge is 2.23. The summed E-state index contributed by atoms with van der Waals surface area (Å²) in [4.78, 5) is 29.3. The lowest BCUT2D eigenvalue weighted by atomic mass is 10.1. The summed E-state index contributed by atoms with van der Waals surface area (Å²) in [5.41, 5.74) is 3.46. The lowest BCUT2D eigenvalue weighted by Gasteiger charge is -2.27. The molecule has 0 bridgehead atoms. The number of carbonyl (C=O) groups excluding carboxylic acids is 2. The third-order valence-corrected chi connectivity index (χ3v) is 5.90. The Morgan fingerprint density at radius 1 is 1.03 bits per heavy atom. The summed E-state index contributed by atoms with van der Waals surface area (Å²) in [5, 5.41) is 6.02. The summed E-state index contributed by atoms with van der Waals surface area (Å²) in [7, 11) is 3.90. The normalized spacial score (nSPS) is 13.8. The van der Waals surface area contributed by atoms with Crippen molar-refractivity contribution in [2.75, 3.05) is 24.3 Å². The van der Waals surface area contributed by atoms with Crippen LogP contribution in [0, 0.1) is 11.7 Å². The second kappa shape index (κ2) is 11.2. The molecule has 3 rings (SSSR count). The Balaban J connectivity index is 1.85. The van der Waals surface area contributed by atoms with Crippen LogP contribution in [0.15, 0.2) is 42.5 Å². The Bertz CT molecular complexity index is 953. The van der Waals surface area contributed by atoms with Crippen LogP contribution in [0.3, 0.4) is 0 Å². The number of hydrogen-bond acceptors (Lipinski definition) is 3. The molecular weight excluding hydrogens is 419 g/mol.